The first kappa shape index (κ1) is 14.0. The summed E-state index contributed by atoms with van der Waals surface area (Å²) in [7, 11) is 3.31. The summed E-state index contributed by atoms with van der Waals surface area (Å²) in [6.07, 6.45) is 1.76. The number of hydrogen-bond donors (Lipinski definition) is 0. The largest absolute Gasteiger partial charge is 0.469 e. The van der Waals surface area contributed by atoms with Crippen molar-refractivity contribution in [2.45, 2.75) is 13.8 Å². The van der Waals surface area contributed by atoms with Crippen molar-refractivity contribution in [2.75, 3.05) is 25.6 Å². The van der Waals surface area contributed by atoms with Gasteiger partial charge in [-0.3, -0.25) is 4.79 Å². The number of pyridine rings is 1. The smallest absolute Gasteiger partial charge is 0.310 e. The number of methoxy groups -OCH3 is 1. The lowest BCUT2D eigenvalue weighted by Gasteiger charge is -2.22. The van der Waals surface area contributed by atoms with E-state index in [9.17, 15) is 4.79 Å². The minimum Gasteiger partial charge on any atom is -0.469 e. The van der Waals surface area contributed by atoms with Crippen molar-refractivity contribution in [2.24, 2.45) is 5.92 Å². The van der Waals surface area contributed by atoms with Gasteiger partial charge in [0.25, 0.3) is 0 Å². The zero-order chi connectivity index (χ0) is 13.0. The van der Waals surface area contributed by atoms with Crippen molar-refractivity contribution in [1.29, 1.82) is 0 Å². The van der Waals surface area contributed by atoms with Gasteiger partial charge in [0, 0.05) is 19.8 Å². The summed E-state index contributed by atoms with van der Waals surface area (Å²) < 4.78 is 5.66. The predicted molar refractivity (Wildman–Crippen MR) is 71.1 cm³/mol. The van der Waals surface area contributed by atoms with E-state index in [1.807, 2.05) is 31.9 Å². The lowest BCUT2D eigenvalue weighted by atomic mass is 10.1. The van der Waals surface area contributed by atoms with Gasteiger partial charge in [-0.2, -0.15) is 0 Å². The van der Waals surface area contributed by atoms with Gasteiger partial charge < -0.3 is 9.64 Å². The Morgan fingerprint density at radius 1 is 1.65 bits per heavy atom. The number of ether oxygens (including phenoxy) is 1. The Morgan fingerprint density at radius 2 is 2.29 bits per heavy atom. The second kappa shape index (κ2) is 6.00. The van der Waals surface area contributed by atoms with Crippen LogP contribution < -0.4 is 4.90 Å². The summed E-state index contributed by atoms with van der Waals surface area (Å²) in [5, 5.41) is 0. The van der Waals surface area contributed by atoms with Gasteiger partial charge in [0.15, 0.2) is 0 Å². The van der Waals surface area contributed by atoms with E-state index in [0.717, 1.165) is 15.9 Å². The van der Waals surface area contributed by atoms with Gasteiger partial charge in [0.1, 0.15) is 5.82 Å². The third-order valence-corrected chi connectivity index (χ3v) is 3.56. The predicted octanol–water partition coefficient (Wildman–Crippen LogP) is 2.40. The van der Waals surface area contributed by atoms with E-state index < -0.39 is 0 Å². The Morgan fingerprint density at radius 3 is 2.88 bits per heavy atom. The molecule has 5 heteroatoms. The fourth-order valence-corrected chi connectivity index (χ4v) is 2.10. The molecule has 0 amide bonds. The second-order valence-electron chi connectivity index (χ2n) is 4.07. The molecular weight excluding hydrogens is 284 g/mol. The average molecular weight is 301 g/mol. The molecule has 4 nitrogen and oxygen atoms in total. The summed E-state index contributed by atoms with van der Waals surface area (Å²) in [6, 6.07) is 1.94. The van der Waals surface area contributed by atoms with Gasteiger partial charge in [-0.1, -0.05) is 6.92 Å². The van der Waals surface area contributed by atoms with Gasteiger partial charge in [0.2, 0.25) is 0 Å². The molecule has 0 aromatic carbocycles. The van der Waals surface area contributed by atoms with Gasteiger partial charge >= 0.3 is 5.97 Å². The molecule has 94 valence electrons. The normalized spacial score (nSPS) is 12.1. The molecule has 0 radical (unpaired) electrons. The zero-order valence-electron chi connectivity index (χ0n) is 10.5. The van der Waals surface area contributed by atoms with Crippen molar-refractivity contribution in [1.82, 2.24) is 4.98 Å². The maximum absolute atomic E-state index is 11.3. The number of aromatic nitrogens is 1. The summed E-state index contributed by atoms with van der Waals surface area (Å²) in [4.78, 5) is 17.6. The van der Waals surface area contributed by atoms with Crippen LogP contribution >= 0.6 is 15.9 Å². The van der Waals surface area contributed by atoms with Gasteiger partial charge in [-0.25, -0.2) is 4.98 Å². The number of carbonyl (C=O) groups is 1. The first-order valence-corrected chi connectivity index (χ1v) is 6.16. The third-order valence-electron chi connectivity index (χ3n) is 2.58. The second-order valence-corrected chi connectivity index (χ2v) is 4.86. The SMILES string of the molecule is COC(=O)C(C)CN(C)c1nccc(C)c1Br. The number of anilines is 1. The van der Waals surface area contributed by atoms with Crippen molar-refractivity contribution in [3.63, 3.8) is 0 Å². The Hall–Kier alpha value is -1.10. The molecule has 1 unspecified atom stereocenters. The number of hydrogen-bond acceptors (Lipinski definition) is 4. The van der Waals surface area contributed by atoms with Crippen molar-refractivity contribution in [3.8, 4) is 0 Å². The summed E-state index contributed by atoms with van der Waals surface area (Å²) in [5.74, 6) is 0.445. The molecule has 1 rings (SSSR count). The van der Waals surface area contributed by atoms with Crippen molar-refractivity contribution in [3.05, 3.63) is 22.3 Å². The maximum Gasteiger partial charge on any atom is 0.310 e. The lowest BCUT2D eigenvalue weighted by molar-refractivity contribution is -0.144. The molecule has 0 saturated carbocycles. The topological polar surface area (TPSA) is 42.4 Å². The van der Waals surface area contributed by atoms with E-state index in [4.69, 9.17) is 4.74 Å². The first-order valence-electron chi connectivity index (χ1n) is 5.37. The highest BCUT2D eigenvalue weighted by atomic mass is 79.9. The molecule has 1 heterocycles. The highest BCUT2D eigenvalue weighted by molar-refractivity contribution is 9.10. The number of esters is 1. The molecule has 0 saturated heterocycles. The van der Waals surface area contributed by atoms with Crippen LogP contribution in [-0.2, 0) is 9.53 Å². The molecule has 0 aliphatic heterocycles. The summed E-state index contributed by atoms with van der Waals surface area (Å²) in [6.45, 7) is 4.42. The van der Waals surface area contributed by atoms with Crippen LogP contribution in [0, 0.1) is 12.8 Å². The van der Waals surface area contributed by atoms with E-state index in [1.54, 1.807) is 6.20 Å². The summed E-state index contributed by atoms with van der Waals surface area (Å²) >= 11 is 3.50. The van der Waals surface area contributed by atoms with Gasteiger partial charge in [0.05, 0.1) is 17.5 Å². The fourth-order valence-electron chi connectivity index (χ4n) is 1.56. The Kier molecular flexibility index (Phi) is 4.93. The fraction of sp³-hybridized carbons (Fsp3) is 0.500. The number of halogens is 1. The van der Waals surface area contributed by atoms with Gasteiger partial charge in [-0.15, -0.1) is 0 Å². The van der Waals surface area contributed by atoms with Crippen LogP contribution in [0.4, 0.5) is 5.82 Å². The zero-order valence-corrected chi connectivity index (χ0v) is 12.1. The number of aryl methyl sites for hydroxylation is 1. The van der Waals surface area contributed by atoms with Crippen molar-refractivity contribution >= 4 is 27.7 Å². The van der Waals surface area contributed by atoms with E-state index >= 15 is 0 Å². The Labute approximate surface area is 110 Å². The number of rotatable bonds is 4. The van der Waals surface area contributed by atoms with Crippen LogP contribution in [0.3, 0.4) is 0 Å². The maximum atomic E-state index is 11.3. The Bertz CT molecular complexity index is 409. The lowest BCUT2D eigenvalue weighted by Crippen LogP contribution is -2.30. The number of carbonyl (C=O) groups excluding carboxylic acids is 1. The van der Waals surface area contributed by atoms with E-state index in [1.165, 1.54) is 7.11 Å². The molecule has 1 aromatic rings. The molecule has 0 N–H and O–H groups in total. The van der Waals surface area contributed by atoms with E-state index in [2.05, 4.69) is 20.9 Å². The van der Waals surface area contributed by atoms with Crippen LogP contribution in [0.25, 0.3) is 0 Å². The highest BCUT2D eigenvalue weighted by Crippen LogP contribution is 2.26. The average Bonchev–Trinajstić information content (AvgIpc) is 2.31. The molecule has 1 aromatic heterocycles. The summed E-state index contributed by atoms with van der Waals surface area (Å²) in [5.41, 5.74) is 1.12. The van der Waals surface area contributed by atoms with Crippen LogP contribution in [-0.4, -0.2) is 31.7 Å². The molecule has 1 atom stereocenters. The van der Waals surface area contributed by atoms with E-state index in [0.29, 0.717) is 6.54 Å². The standard InChI is InChI=1S/C12H17BrN2O2/c1-8-5-6-14-11(10(8)13)15(3)7-9(2)12(16)17-4/h5-6,9H,7H2,1-4H3. The molecule has 0 fully saturated rings. The quantitative estimate of drug-likeness (QED) is 0.801. The van der Waals surface area contributed by atoms with E-state index in [-0.39, 0.29) is 11.9 Å². The van der Waals surface area contributed by atoms with Crippen LogP contribution in [0.15, 0.2) is 16.7 Å². The molecule has 0 spiro atoms. The molecular formula is C12H17BrN2O2. The molecule has 0 bridgehead atoms. The van der Waals surface area contributed by atoms with Crippen LogP contribution in [0.5, 0.6) is 0 Å². The van der Waals surface area contributed by atoms with Crippen molar-refractivity contribution < 1.29 is 9.53 Å². The highest BCUT2D eigenvalue weighted by Gasteiger charge is 2.18. The van der Waals surface area contributed by atoms with Crippen LogP contribution in [0.1, 0.15) is 12.5 Å². The molecule has 17 heavy (non-hydrogen) atoms. The number of nitrogens with zero attached hydrogens (tertiary/aromatic N) is 2. The Balaban J connectivity index is 2.80. The minimum atomic E-state index is -0.208. The monoisotopic (exact) mass is 300 g/mol. The van der Waals surface area contributed by atoms with Crippen LogP contribution in [0.2, 0.25) is 0 Å². The minimum absolute atomic E-state index is 0.181. The third kappa shape index (κ3) is 3.43. The molecule has 0 aliphatic carbocycles. The van der Waals surface area contributed by atoms with Gasteiger partial charge in [-0.05, 0) is 34.5 Å². The first-order chi connectivity index (χ1) is 7.97. The molecule has 0 aliphatic rings.